The minimum atomic E-state index is -3.65. The molecular formula is C30H36F2N4O3S. The van der Waals surface area contributed by atoms with Gasteiger partial charge in [0.05, 0.1) is 16.9 Å². The third-order valence-corrected chi connectivity index (χ3v) is 11.4. The number of hydrogen-bond acceptors (Lipinski definition) is 5. The van der Waals surface area contributed by atoms with E-state index in [2.05, 4.69) is 21.5 Å². The first-order valence-corrected chi connectivity index (χ1v) is 15.6. The van der Waals surface area contributed by atoms with Gasteiger partial charge in [-0.1, -0.05) is 12.1 Å². The van der Waals surface area contributed by atoms with E-state index in [1.54, 1.807) is 24.3 Å². The number of rotatable bonds is 8. The first-order valence-electron chi connectivity index (χ1n) is 14.1. The number of anilines is 4. The lowest BCUT2D eigenvalue weighted by atomic mass is 9.93. The van der Waals surface area contributed by atoms with Gasteiger partial charge < -0.3 is 15.1 Å². The van der Waals surface area contributed by atoms with E-state index < -0.39 is 20.7 Å². The van der Waals surface area contributed by atoms with Crippen LogP contribution in [0.1, 0.15) is 61.7 Å². The maximum absolute atomic E-state index is 13.6. The molecule has 1 spiro atoms. The molecule has 0 radical (unpaired) electrons. The van der Waals surface area contributed by atoms with Crippen molar-refractivity contribution in [3.63, 3.8) is 0 Å². The SMILES string of the molecule is C=CC1(S(=O)(=O)Nc2ccc(C(=O)Nc3cccc(N4CCC(F)(F)CC4)c3)c(N3CCC4(CC3)CC4)c2)CC1. The highest BCUT2D eigenvalue weighted by atomic mass is 32.2. The lowest BCUT2D eigenvalue weighted by Gasteiger charge is -2.35. The number of benzene rings is 2. The number of sulfonamides is 1. The number of amides is 1. The monoisotopic (exact) mass is 570 g/mol. The quantitative estimate of drug-likeness (QED) is 0.380. The number of hydrogen-bond donors (Lipinski definition) is 2. The predicted octanol–water partition coefficient (Wildman–Crippen LogP) is 6.02. The summed E-state index contributed by atoms with van der Waals surface area (Å²) in [4.78, 5) is 17.7. The molecule has 2 aromatic carbocycles. The van der Waals surface area contributed by atoms with Crippen LogP contribution in [0.25, 0.3) is 0 Å². The first kappa shape index (κ1) is 27.1. The number of carbonyl (C=O) groups is 1. The molecular weight excluding hydrogens is 534 g/mol. The van der Waals surface area contributed by atoms with Crippen LogP contribution in [0.5, 0.6) is 0 Å². The molecule has 2 aliphatic carbocycles. The minimum absolute atomic E-state index is 0.186. The van der Waals surface area contributed by atoms with E-state index in [-0.39, 0.29) is 31.8 Å². The normalized spacial score (nSPS) is 22.4. The summed E-state index contributed by atoms with van der Waals surface area (Å²) < 4.78 is 55.1. The molecule has 2 N–H and O–H groups in total. The van der Waals surface area contributed by atoms with Gasteiger partial charge in [-0.05, 0) is 80.3 Å². The van der Waals surface area contributed by atoms with Gasteiger partial charge in [-0.3, -0.25) is 9.52 Å². The highest BCUT2D eigenvalue weighted by molar-refractivity contribution is 7.94. The van der Waals surface area contributed by atoms with Gasteiger partial charge in [-0.2, -0.15) is 0 Å². The zero-order valence-electron chi connectivity index (χ0n) is 22.6. The Balaban J connectivity index is 1.24. The van der Waals surface area contributed by atoms with Crippen LogP contribution in [0.15, 0.2) is 55.1 Å². The van der Waals surface area contributed by atoms with Crippen LogP contribution in [0.3, 0.4) is 0 Å². The van der Waals surface area contributed by atoms with Crippen molar-refractivity contribution in [1.82, 2.24) is 0 Å². The van der Waals surface area contributed by atoms with E-state index in [0.29, 0.717) is 40.9 Å². The molecule has 40 heavy (non-hydrogen) atoms. The van der Waals surface area contributed by atoms with Gasteiger partial charge in [0.1, 0.15) is 4.75 Å². The third kappa shape index (κ3) is 5.30. The molecule has 7 nitrogen and oxygen atoms in total. The second kappa shape index (κ2) is 9.75. The molecule has 4 fully saturated rings. The van der Waals surface area contributed by atoms with Crippen molar-refractivity contribution in [2.75, 3.05) is 46.0 Å². The summed E-state index contributed by atoms with van der Waals surface area (Å²) in [5.74, 6) is -2.93. The molecule has 1 amide bonds. The van der Waals surface area contributed by atoms with Crippen LogP contribution in [0.4, 0.5) is 31.5 Å². The van der Waals surface area contributed by atoms with Gasteiger partial charge >= 0.3 is 0 Å². The topological polar surface area (TPSA) is 81.7 Å². The second-order valence-corrected chi connectivity index (χ2v) is 14.0. The largest absolute Gasteiger partial charge is 0.371 e. The molecule has 10 heteroatoms. The lowest BCUT2D eigenvalue weighted by molar-refractivity contribution is -0.0220. The van der Waals surface area contributed by atoms with Gasteiger partial charge in [-0.25, -0.2) is 17.2 Å². The average Bonchev–Trinajstić information content (AvgIpc) is 3.86. The maximum atomic E-state index is 13.6. The van der Waals surface area contributed by atoms with Crippen molar-refractivity contribution >= 4 is 38.7 Å². The number of alkyl halides is 2. The summed E-state index contributed by atoms with van der Waals surface area (Å²) >= 11 is 0. The molecule has 6 rings (SSSR count). The number of nitrogens with zero attached hydrogens (tertiary/aromatic N) is 2. The van der Waals surface area contributed by atoms with Crippen molar-refractivity contribution in [2.45, 2.75) is 62.0 Å². The summed E-state index contributed by atoms with van der Waals surface area (Å²) in [5.41, 5.74) is 3.40. The first-order chi connectivity index (χ1) is 19.0. The Hall–Kier alpha value is -3.14. The van der Waals surface area contributed by atoms with Gasteiger partial charge in [0.15, 0.2) is 0 Å². The third-order valence-electron chi connectivity index (χ3n) is 9.23. The maximum Gasteiger partial charge on any atom is 0.257 e. The summed E-state index contributed by atoms with van der Waals surface area (Å²) in [7, 11) is -3.65. The van der Waals surface area contributed by atoms with Gasteiger partial charge in [0, 0.05) is 50.4 Å². The van der Waals surface area contributed by atoms with E-state index >= 15 is 0 Å². The summed E-state index contributed by atoms with van der Waals surface area (Å²) in [6, 6.07) is 12.3. The molecule has 2 saturated carbocycles. The van der Waals surface area contributed by atoms with E-state index in [9.17, 15) is 22.0 Å². The molecule has 0 unspecified atom stereocenters. The highest BCUT2D eigenvalue weighted by Gasteiger charge is 2.52. The molecule has 2 heterocycles. The molecule has 2 aromatic rings. The zero-order chi connectivity index (χ0) is 28.2. The molecule has 2 saturated heterocycles. The molecule has 214 valence electrons. The highest BCUT2D eigenvalue weighted by Crippen LogP contribution is 2.54. The van der Waals surface area contributed by atoms with Crippen LogP contribution in [0, 0.1) is 5.41 Å². The van der Waals surface area contributed by atoms with Crippen LogP contribution < -0.4 is 19.8 Å². The standard InChI is InChI=1S/C30H36F2N4O3S/c1-2-29(10-11-29)40(38,39)34-23-6-7-25(26(21-23)36-16-12-28(8-9-28)13-17-36)27(37)33-22-4-3-5-24(20-22)35-18-14-30(31,32)15-19-35/h2-7,20-21,34H,1,8-19H2,(H,33,37). The number of nitrogens with one attached hydrogen (secondary N) is 2. The number of carbonyl (C=O) groups excluding carboxylic acids is 1. The molecule has 2 aliphatic heterocycles. The fraction of sp³-hybridized carbons (Fsp3) is 0.500. The zero-order valence-corrected chi connectivity index (χ0v) is 23.4. The number of halogens is 2. The Bertz CT molecular complexity index is 1420. The smallest absolute Gasteiger partial charge is 0.257 e. The summed E-state index contributed by atoms with van der Waals surface area (Å²) in [6.07, 6.45) is 6.84. The van der Waals surface area contributed by atoms with Gasteiger partial charge in [0.25, 0.3) is 11.8 Å². The van der Waals surface area contributed by atoms with Gasteiger partial charge in [0.2, 0.25) is 10.0 Å². The van der Waals surface area contributed by atoms with Crippen molar-refractivity contribution in [1.29, 1.82) is 0 Å². The average molecular weight is 571 g/mol. The van der Waals surface area contributed by atoms with E-state index in [4.69, 9.17) is 0 Å². The lowest BCUT2D eigenvalue weighted by Crippen LogP contribution is -2.39. The minimum Gasteiger partial charge on any atom is -0.371 e. The van der Waals surface area contributed by atoms with Crippen LogP contribution in [-0.2, 0) is 10.0 Å². The fourth-order valence-corrected chi connectivity index (χ4v) is 7.48. The Morgan fingerprint density at radius 1 is 0.850 bits per heavy atom. The molecule has 0 aromatic heterocycles. The van der Waals surface area contributed by atoms with Crippen molar-refractivity contribution in [3.8, 4) is 0 Å². The van der Waals surface area contributed by atoms with Gasteiger partial charge in [-0.15, -0.1) is 6.58 Å². The van der Waals surface area contributed by atoms with Crippen molar-refractivity contribution in [2.24, 2.45) is 5.41 Å². The Labute approximate surface area is 234 Å². The molecule has 4 aliphatic rings. The van der Waals surface area contributed by atoms with Crippen LogP contribution in [0.2, 0.25) is 0 Å². The van der Waals surface area contributed by atoms with Crippen molar-refractivity contribution in [3.05, 3.63) is 60.7 Å². The summed E-state index contributed by atoms with van der Waals surface area (Å²) in [6.45, 7) is 5.85. The van der Waals surface area contributed by atoms with Crippen LogP contribution in [-0.4, -0.2) is 51.2 Å². The van der Waals surface area contributed by atoms with Crippen LogP contribution >= 0.6 is 0 Å². The molecule has 0 bridgehead atoms. The van der Waals surface area contributed by atoms with E-state index in [0.717, 1.165) is 31.6 Å². The number of piperidine rings is 2. The second-order valence-electron chi connectivity index (χ2n) is 11.9. The van der Waals surface area contributed by atoms with E-state index in [1.165, 1.54) is 18.9 Å². The Morgan fingerprint density at radius 2 is 1.52 bits per heavy atom. The summed E-state index contributed by atoms with van der Waals surface area (Å²) in [5, 5.41) is 2.98. The molecule has 0 atom stereocenters. The Kier molecular flexibility index (Phi) is 6.59. The fourth-order valence-electron chi connectivity index (χ4n) is 5.98. The Morgan fingerprint density at radius 3 is 2.15 bits per heavy atom. The van der Waals surface area contributed by atoms with Crippen molar-refractivity contribution < 1.29 is 22.0 Å². The predicted molar refractivity (Wildman–Crippen MR) is 155 cm³/mol. The van der Waals surface area contributed by atoms with E-state index in [1.807, 2.05) is 23.1 Å².